The first-order valence-electron chi connectivity index (χ1n) is 7.87. The number of halogens is 3. The van der Waals surface area contributed by atoms with Crippen molar-refractivity contribution in [2.75, 3.05) is 6.54 Å². The number of alkyl halides is 3. The van der Waals surface area contributed by atoms with E-state index in [0.29, 0.717) is 6.42 Å². The molecule has 1 saturated carbocycles. The molecule has 0 saturated heterocycles. The van der Waals surface area contributed by atoms with Crippen LogP contribution < -0.4 is 5.32 Å². The predicted molar refractivity (Wildman–Crippen MR) is 79.0 cm³/mol. The fourth-order valence-corrected chi connectivity index (χ4v) is 3.34. The first kappa shape index (κ1) is 16.3. The van der Waals surface area contributed by atoms with Crippen molar-refractivity contribution >= 4 is 0 Å². The number of nitrogens with one attached hydrogen (secondary N) is 1. The summed E-state index contributed by atoms with van der Waals surface area (Å²) in [7, 11) is 0. The van der Waals surface area contributed by atoms with Gasteiger partial charge in [0.25, 0.3) is 0 Å². The average Bonchev–Trinajstić information content (AvgIpc) is 2.48. The topological polar surface area (TPSA) is 12.0 Å². The van der Waals surface area contributed by atoms with Gasteiger partial charge in [0, 0.05) is 6.04 Å². The van der Waals surface area contributed by atoms with Crippen LogP contribution in [-0.2, 0) is 0 Å². The molecule has 0 bridgehead atoms. The second-order valence-corrected chi connectivity index (χ2v) is 6.01. The van der Waals surface area contributed by atoms with Crippen molar-refractivity contribution in [2.24, 2.45) is 11.8 Å². The van der Waals surface area contributed by atoms with Gasteiger partial charge in [0.05, 0.1) is 5.92 Å². The lowest BCUT2D eigenvalue weighted by Gasteiger charge is -2.36. The van der Waals surface area contributed by atoms with E-state index in [-0.39, 0.29) is 24.8 Å². The van der Waals surface area contributed by atoms with Crippen molar-refractivity contribution in [3.63, 3.8) is 0 Å². The van der Waals surface area contributed by atoms with Gasteiger partial charge in [-0.3, -0.25) is 0 Å². The molecule has 0 amide bonds. The molecule has 1 aliphatic carbocycles. The van der Waals surface area contributed by atoms with Gasteiger partial charge in [-0.05, 0) is 43.7 Å². The summed E-state index contributed by atoms with van der Waals surface area (Å²) >= 11 is 0. The average molecular weight is 299 g/mol. The van der Waals surface area contributed by atoms with E-state index >= 15 is 0 Å². The van der Waals surface area contributed by atoms with E-state index in [1.807, 2.05) is 30.3 Å². The first-order chi connectivity index (χ1) is 10.0. The van der Waals surface area contributed by atoms with Crippen molar-refractivity contribution < 1.29 is 13.2 Å². The SMILES string of the molecule is CCCNC(c1ccccc1)C1CCCC(C(F)(F)F)C1. The third-order valence-electron chi connectivity index (χ3n) is 4.42. The lowest BCUT2D eigenvalue weighted by molar-refractivity contribution is -0.186. The molecule has 3 atom stereocenters. The Labute approximate surface area is 124 Å². The minimum Gasteiger partial charge on any atom is -0.310 e. The van der Waals surface area contributed by atoms with Crippen LogP contribution in [0, 0.1) is 11.8 Å². The van der Waals surface area contributed by atoms with Crippen LogP contribution in [0.5, 0.6) is 0 Å². The van der Waals surface area contributed by atoms with E-state index < -0.39 is 12.1 Å². The largest absolute Gasteiger partial charge is 0.391 e. The van der Waals surface area contributed by atoms with Crippen molar-refractivity contribution in [3.8, 4) is 0 Å². The van der Waals surface area contributed by atoms with Gasteiger partial charge in [-0.25, -0.2) is 0 Å². The Morgan fingerprint density at radius 1 is 1.19 bits per heavy atom. The quantitative estimate of drug-likeness (QED) is 0.798. The molecule has 4 heteroatoms. The Morgan fingerprint density at radius 3 is 2.52 bits per heavy atom. The maximum Gasteiger partial charge on any atom is 0.391 e. The maximum atomic E-state index is 13.0. The molecule has 0 aliphatic heterocycles. The monoisotopic (exact) mass is 299 g/mol. The Morgan fingerprint density at radius 2 is 1.90 bits per heavy atom. The van der Waals surface area contributed by atoms with Crippen LogP contribution in [0.15, 0.2) is 30.3 Å². The highest BCUT2D eigenvalue weighted by atomic mass is 19.4. The summed E-state index contributed by atoms with van der Waals surface area (Å²) in [5, 5.41) is 3.46. The molecule has 1 fully saturated rings. The zero-order valence-corrected chi connectivity index (χ0v) is 12.5. The second-order valence-electron chi connectivity index (χ2n) is 6.01. The van der Waals surface area contributed by atoms with E-state index in [9.17, 15) is 13.2 Å². The van der Waals surface area contributed by atoms with Crippen LogP contribution in [0.2, 0.25) is 0 Å². The van der Waals surface area contributed by atoms with Gasteiger partial charge in [0.1, 0.15) is 0 Å². The van der Waals surface area contributed by atoms with Crippen LogP contribution in [0.25, 0.3) is 0 Å². The summed E-state index contributed by atoms with van der Waals surface area (Å²) in [5.41, 5.74) is 1.11. The lowest BCUT2D eigenvalue weighted by Crippen LogP contribution is -2.36. The summed E-state index contributed by atoms with van der Waals surface area (Å²) in [4.78, 5) is 0. The molecule has 3 unspecified atom stereocenters. The number of hydrogen-bond acceptors (Lipinski definition) is 1. The molecule has 0 aromatic heterocycles. The summed E-state index contributed by atoms with van der Waals surface area (Å²) in [6.07, 6.45) is -0.979. The van der Waals surface area contributed by atoms with Crippen LogP contribution in [0.4, 0.5) is 13.2 Å². The first-order valence-corrected chi connectivity index (χ1v) is 7.87. The van der Waals surface area contributed by atoms with E-state index in [1.165, 1.54) is 0 Å². The van der Waals surface area contributed by atoms with E-state index in [1.54, 1.807) is 0 Å². The molecule has 21 heavy (non-hydrogen) atoms. The number of rotatable bonds is 5. The number of hydrogen-bond donors (Lipinski definition) is 1. The van der Waals surface area contributed by atoms with Gasteiger partial charge in [0.2, 0.25) is 0 Å². The Kier molecular flexibility index (Phi) is 5.68. The minimum absolute atomic E-state index is 0.0382. The fraction of sp³-hybridized carbons (Fsp3) is 0.647. The molecule has 2 rings (SSSR count). The van der Waals surface area contributed by atoms with Crippen molar-refractivity contribution in [3.05, 3.63) is 35.9 Å². The van der Waals surface area contributed by atoms with E-state index in [4.69, 9.17) is 0 Å². The van der Waals surface area contributed by atoms with Gasteiger partial charge in [-0.1, -0.05) is 43.7 Å². The second kappa shape index (κ2) is 7.30. The zero-order chi connectivity index (χ0) is 15.3. The van der Waals surface area contributed by atoms with Gasteiger partial charge in [-0.15, -0.1) is 0 Å². The van der Waals surface area contributed by atoms with E-state index in [2.05, 4.69) is 12.2 Å². The van der Waals surface area contributed by atoms with Crippen LogP contribution >= 0.6 is 0 Å². The highest BCUT2D eigenvalue weighted by molar-refractivity contribution is 5.20. The molecule has 1 aromatic rings. The third kappa shape index (κ3) is 4.47. The molecule has 1 N–H and O–H groups in total. The van der Waals surface area contributed by atoms with Crippen LogP contribution in [-0.4, -0.2) is 12.7 Å². The lowest BCUT2D eigenvalue weighted by atomic mass is 9.75. The maximum absolute atomic E-state index is 13.0. The molecular formula is C17H24F3N. The summed E-state index contributed by atoms with van der Waals surface area (Å²) < 4.78 is 39.0. The van der Waals surface area contributed by atoms with Crippen molar-refractivity contribution in [2.45, 2.75) is 51.2 Å². The normalized spacial score (nSPS) is 24.8. The van der Waals surface area contributed by atoms with E-state index in [0.717, 1.165) is 24.9 Å². The van der Waals surface area contributed by atoms with Crippen LogP contribution in [0.3, 0.4) is 0 Å². The third-order valence-corrected chi connectivity index (χ3v) is 4.42. The summed E-state index contributed by atoms with van der Waals surface area (Å²) in [6.45, 7) is 2.92. The molecule has 0 radical (unpaired) electrons. The van der Waals surface area contributed by atoms with Crippen molar-refractivity contribution in [1.82, 2.24) is 5.32 Å². The van der Waals surface area contributed by atoms with Crippen molar-refractivity contribution in [1.29, 1.82) is 0 Å². The Bertz CT molecular complexity index is 416. The molecule has 1 nitrogen and oxygen atoms in total. The predicted octanol–water partition coefficient (Wildman–Crippen LogP) is 5.10. The minimum atomic E-state index is -4.05. The smallest absolute Gasteiger partial charge is 0.310 e. The molecule has 0 heterocycles. The standard InChI is InChI=1S/C17H24F3N/c1-2-11-21-16(13-7-4-3-5-8-13)14-9-6-10-15(12-14)17(18,19)20/h3-5,7-8,14-16,21H,2,6,9-12H2,1H3. The molecule has 1 aliphatic rings. The van der Waals surface area contributed by atoms with Gasteiger partial charge in [0.15, 0.2) is 0 Å². The number of benzene rings is 1. The fourth-order valence-electron chi connectivity index (χ4n) is 3.34. The summed E-state index contributed by atoms with van der Waals surface area (Å²) in [6, 6.07) is 9.94. The molecular weight excluding hydrogens is 275 g/mol. The molecule has 1 aromatic carbocycles. The summed E-state index contributed by atoms with van der Waals surface area (Å²) in [5.74, 6) is -1.06. The zero-order valence-electron chi connectivity index (χ0n) is 12.5. The highest BCUT2D eigenvalue weighted by Gasteiger charge is 2.43. The van der Waals surface area contributed by atoms with Gasteiger partial charge in [-0.2, -0.15) is 13.2 Å². The van der Waals surface area contributed by atoms with Gasteiger partial charge >= 0.3 is 6.18 Å². The highest BCUT2D eigenvalue weighted by Crippen LogP contribution is 2.43. The molecule has 0 spiro atoms. The van der Waals surface area contributed by atoms with Gasteiger partial charge < -0.3 is 5.32 Å². The molecule has 118 valence electrons. The van der Waals surface area contributed by atoms with Crippen LogP contribution in [0.1, 0.15) is 50.6 Å². The Hall–Kier alpha value is -1.03. The Balaban J connectivity index is 2.13.